The number of anilines is 1. The summed E-state index contributed by atoms with van der Waals surface area (Å²) >= 11 is 1.69. The van der Waals surface area contributed by atoms with Crippen molar-refractivity contribution in [3.8, 4) is 10.6 Å². The highest BCUT2D eigenvalue weighted by atomic mass is 32.1. The molecule has 140 valence electrons. The average Bonchev–Trinajstić information content (AvgIpc) is 3.25. The van der Waals surface area contributed by atoms with Crippen molar-refractivity contribution >= 4 is 17.2 Å². The first-order chi connectivity index (χ1) is 13.3. The molecule has 7 heteroatoms. The van der Waals surface area contributed by atoms with Gasteiger partial charge in [-0.1, -0.05) is 36.4 Å². The summed E-state index contributed by atoms with van der Waals surface area (Å²) in [5.74, 6) is 6.15. The zero-order valence-electron chi connectivity index (χ0n) is 15.2. The van der Waals surface area contributed by atoms with Crippen LogP contribution in [0.3, 0.4) is 0 Å². The van der Waals surface area contributed by atoms with Crippen molar-refractivity contribution in [1.29, 1.82) is 0 Å². The molecule has 4 rings (SSSR count). The standard InChI is InChI=1S/C20H24N6S/c21-22-19-13-17(20(24-23-19)18-7-4-12-27-18)15-26-10-8-25(9-11-26)14-16-5-2-1-3-6-16/h1-7,12-13H,8-11,14-15,21H2,(H,22,23). The van der Waals surface area contributed by atoms with Crippen molar-refractivity contribution in [2.75, 3.05) is 31.6 Å². The average molecular weight is 381 g/mol. The molecule has 0 spiro atoms. The highest BCUT2D eigenvalue weighted by molar-refractivity contribution is 7.13. The minimum absolute atomic E-state index is 0.605. The van der Waals surface area contributed by atoms with Crippen LogP contribution in [0.1, 0.15) is 11.1 Å². The number of hydrazine groups is 1. The number of thiophene rings is 1. The molecule has 0 saturated carbocycles. The third kappa shape index (κ3) is 4.51. The van der Waals surface area contributed by atoms with Crippen LogP contribution in [0.4, 0.5) is 5.82 Å². The summed E-state index contributed by atoms with van der Waals surface area (Å²) in [7, 11) is 0. The molecule has 1 saturated heterocycles. The van der Waals surface area contributed by atoms with Gasteiger partial charge >= 0.3 is 0 Å². The fourth-order valence-corrected chi connectivity index (χ4v) is 4.17. The molecule has 1 aliphatic heterocycles. The largest absolute Gasteiger partial charge is 0.307 e. The van der Waals surface area contributed by atoms with Crippen LogP contribution in [0.15, 0.2) is 53.9 Å². The lowest BCUT2D eigenvalue weighted by molar-refractivity contribution is 0.122. The topological polar surface area (TPSA) is 70.3 Å². The SMILES string of the molecule is NNc1cc(CN2CCN(Cc3ccccc3)CC2)c(-c2cccs2)nn1. The van der Waals surface area contributed by atoms with Crippen molar-refractivity contribution < 1.29 is 0 Å². The van der Waals surface area contributed by atoms with Gasteiger partial charge in [0.1, 0.15) is 5.69 Å². The summed E-state index contributed by atoms with van der Waals surface area (Å²) in [6.07, 6.45) is 0. The number of rotatable bonds is 6. The van der Waals surface area contributed by atoms with E-state index in [9.17, 15) is 0 Å². The number of aromatic nitrogens is 2. The fourth-order valence-electron chi connectivity index (χ4n) is 3.43. The lowest BCUT2D eigenvalue weighted by Crippen LogP contribution is -2.45. The smallest absolute Gasteiger partial charge is 0.162 e. The Morgan fingerprint density at radius 1 is 0.926 bits per heavy atom. The summed E-state index contributed by atoms with van der Waals surface area (Å²) < 4.78 is 0. The predicted octanol–water partition coefficient (Wildman–Crippen LogP) is 2.81. The van der Waals surface area contributed by atoms with E-state index in [0.717, 1.165) is 55.4 Å². The third-order valence-electron chi connectivity index (χ3n) is 4.88. The van der Waals surface area contributed by atoms with E-state index in [0.29, 0.717) is 5.82 Å². The quantitative estimate of drug-likeness (QED) is 0.506. The molecule has 6 nitrogen and oxygen atoms in total. The van der Waals surface area contributed by atoms with Crippen LogP contribution in [0.5, 0.6) is 0 Å². The highest BCUT2D eigenvalue weighted by Gasteiger charge is 2.19. The number of hydrogen-bond donors (Lipinski definition) is 2. The lowest BCUT2D eigenvalue weighted by Gasteiger charge is -2.35. The molecule has 1 aliphatic rings. The third-order valence-corrected chi connectivity index (χ3v) is 5.76. The molecule has 1 aromatic carbocycles. The Kier molecular flexibility index (Phi) is 5.74. The molecule has 1 fully saturated rings. The number of nitrogens with zero attached hydrogens (tertiary/aromatic N) is 4. The fraction of sp³-hybridized carbons (Fsp3) is 0.300. The normalized spacial score (nSPS) is 15.7. The van der Waals surface area contributed by atoms with E-state index >= 15 is 0 Å². The van der Waals surface area contributed by atoms with Gasteiger partial charge < -0.3 is 5.43 Å². The Labute approximate surface area is 163 Å². The molecule has 0 amide bonds. The zero-order chi connectivity index (χ0) is 18.5. The number of hydrogen-bond acceptors (Lipinski definition) is 7. The van der Waals surface area contributed by atoms with Crippen molar-refractivity contribution in [2.45, 2.75) is 13.1 Å². The predicted molar refractivity (Wildman–Crippen MR) is 110 cm³/mol. The lowest BCUT2D eigenvalue weighted by atomic mass is 10.1. The second-order valence-electron chi connectivity index (χ2n) is 6.76. The van der Waals surface area contributed by atoms with E-state index in [1.165, 1.54) is 5.56 Å². The van der Waals surface area contributed by atoms with E-state index in [1.54, 1.807) is 11.3 Å². The Bertz CT molecular complexity index is 844. The summed E-state index contributed by atoms with van der Waals surface area (Å²) in [5, 5.41) is 10.6. The van der Waals surface area contributed by atoms with E-state index in [1.807, 2.05) is 12.1 Å². The summed E-state index contributed by atoms with van der Waals surface area (Å²) in [6.45, 7) is 6.12. The van der Waals surface area contributed by atoms with Crippen molar-refractivity contribution in [2.24, 2.45) is 5.84 Å². The van der Waals surface area contributed by atoms with Crippen LogP contribution in [0.25, 0.3) is 10.6 Å². The van der Waals surface area contributed by atoms with Gasteiger partial charge in [-0.3, -0.25) is 9.80 Å². The highest BCUT2D eigenvalue weighted by Crippen LogP contribution is 2.28. The molecular formula is C20H24N6S. The second-order valence-corrected chi connectivity index (χ2v) is 7.71. The zero-order valence-corrected chi connectivity index (χ0v) is 16.0. The molecular weight excluding hydrogens is 356 g/mol. The molecule has 27 heavy (non-hydrogen) atoms. The van der Waals surface area contributed by atoms with Crippen molar-refractivity contribution in [3.63, 3.8) is 0 Å². The minimum atomic E-state index is 0.605. The summed E-state index contributed by atoms with van der Waals surface area (Å²) in [5.41, 5.74) is 6.11. The molecule has 0 radical (unpaired) electrons. The number of nitrogen functional groups attached to an aromatic ring is 1. The number of benzene rings is 1. The first kappa shape index (κ1) is 18.1. The van der Waals surface area contributed by atoms with Gasteiger partial charge in [-0.05, 0) is 28.6 Å². The van der Waals surface area contributed by atoms with Gasteiger partial charge in [-0.2, -0.15) is 0 Å². The number of nitrogens with two attached hydrogens (primary N) is 1. The molecule has 3 heterocycles. The monoisotopic (exact) mass is 380 g/mol. The molecule has 3 N–H and O–H groups in total. The Morgan fingerprint density at radius 2 is 1.67 bits per heavy atom. The van der Waals surface area contributed by atoms with Gasteiger partial charge in [-0.25, -0.2) is 5.84 Å². The minimum Gasteiger partial charge on any atom is -0.307 e. The van der Waals surface area contributed by atoms with Gasteiger partial charge in [0.05, 0.1) is 4.88 Å². The van der Waals surface area contributed by atoms with E-state index in [-0.39, 0.29) is 0 Å². The Hall–Kier alpha value is -2.32. The van der Waals surface area contributed by atoms with Gasteiger partial charge in [0.15, 0.2) is 5.82 Å². The van der Waals surface area contributed by atoms with E-state index in [2.05, 4.69) is 67.2 Å². The molecule has 0 bridgehead atoms. The first-order valence-electron chi connectivity index (χ1n) is 9.17. The second kappa shape index (κ2) is 8.58. The number of piperazine rings is 1. The Balaban J connectivity index is 1.41. The van der Waals surface area contributed by atoms with Crippen molar-refractivity contribution in [3.05, 3.63) is 65.0 Å². The van der Waals surface area contributed by atoms with Gasteiger partial charge in [0.25, 0.3) is 0 Å². The molecule has 0 aliphatic carbocycles. The maximum absolute atomic E-state index is 5.54. The molecule has 2 aromatic heterocycles. The van der Waals surface area contributed by atoms with Crippen molar-refractivity contribution in [1.82, 2.24) is 20.0 Å². The Morgan fingerprint density at radius 3 is 2.33 bits per heavy atom. The van der Waals surface area contributed by atoms with Gasteiger partial charge in [0.2, 0.25) is 0 Å². The molecule has 3 aromatic rings. The van der Waals surface area contributed by atoms with Crippen LogP contribution < -0.4 is 11.3 Å². The first-order valence-corrected chi connectivity index (χ1v) is 10.1. The molecule has 0 atom stereocenters. The van der Waals surface area contributed by atoms with E-state index in [4.69, 9.17) is 5.84 Å². The summed E-state index contributed by atoms with van der Waals surface area (Å²) in [4.78, 5) is 6.14. The molecule has 0 unspecified atom stereocenters. The van der Waals surface area contributed by atoms with Crippen LogP contribution >= 0.6 is 11.3 Å². The maximum atomic E-state index is 5.54. The van der Waals surface area contributed by atoms with Crippen LogP contribution in [-0.4, -0.2) is 46.2 Å². The van der Waals surface area contributed by atoms with Crippen LogP contribution in [0, 0.1) is 0 Å². The number of nitrogens with one attached hydrogen (secondary N) is 1. The van der Waals surface area contributed by atoms with Crippen LogP contribution in [-0.2, 0) is 13.1 Å². The van der Waals surface area contributed by atoms with Gasteiger partial charge in [0, 0.05) is 39.3 Å². The summed E-state index contributed by atoms with van der Waals surface area (Å²) in [6, 6.07) is 16.8. The van der Waals surface area contributed by atoms with E-state index < -0.39 is 0 Å². The van der Waals surface area contributed by atoms with Crippen LogP contribution in [0.2, 0.25) is 0 Å². The van der Waals surface area contributed by atoms with Gasteiger partial charge in [-0.15, -0.1) is 21.5 Å². The maximum Gasteiger partial charge on any atom is 0.162 e.